The molecule has 1 N–H and O–H groups in total. The first-order valence-electron chi connectivity index (χ1n) is 6.41. The molecule has 104 valence electrons. The van der Waals surface area contributed by atoms with Gasteiger partial charge in [0.05, 0.1) is 12.7 Å². The standard InChI is InChI=1S/C14H19BrN2O2/c1-10-7-11(15)3-4-13(10)14(18)16-8-12-9-17(2)5-6-19-12/h3-4,7,12H,5-6,8-9H2,1-2H3,(H,16,18). The Morgan fingerprint density at radius 3 is 3.05 bits per heavy atom. The maximum atomic E-state index is 12.1. The molecule has 2 rings (SSSR count). The Labute approximate surface area is 122 Å². The highest BCUT2D eigenvalue weighted by molar-refractivity contribution is 9.10. The number of carbonyl (C=O) groups is 1. The normalized spacial score (nSPS) is 20.3. The predicted molar refractivity (Wildman–Crippen MR) is 78.4 cm³/mol. The molecule has 0 aromatic heterocycles. The lowest BCUT2D eigenvalue weighted by atomic mass is 10.1. The lowest BCUT2D eigenvalue weighted by Gasteiger charge is -2.30. The predicted octanol–water partition coefficient (Wildman–Crippen LogP) is 1.82. The van der Waals surface area contributed by atoms with Crippen LogP contribution in [0.5, 0.6) is 0 Å². The van der Waals surface area contributed by atoms with Crippen molar-refractivity contribution in [1.29, 1.82) is 0 Å². The van der Waals surface area contributed by atoms with Crippen molar-refractivity contribution in [2.45, 2.75) is 13.0 Å². The number of ether oxygens (including phenoxy) is 1. The van der Waals surface area contributed by atoms with Gasteiger partial charge in [-0.15, -0.1) is 0 Å². The van der Waals surface area contributed by atoms with E-state index in [1.165, 1.54) is 0 Å². The minimum atomic E-state index is -0.0400. The van der Waals surface area contributed by atoms with Crippen molar-refractivity contribution in [1.82, 2.24) is 10.2 Å². The van der Waals surface area contributed by atoms with E-state index in [9.17, 15) is 4.79 Å². The molecule has 1 amide bonds. The van der Waals surface area contributed by atoms with Crippen LogP contribution in [0.25, 0.3) is 0 Å². The van der Waals surface area contributed by atoms with Crippen molar-refractivity contribution >= 4 is 21.8 Å². The molecule has 1 saturated heterocycles. The summed E-state index contributed by atoms with van der Waals surface area (Å²) in [7, 11) is 2.07. The fourth-order valence-corrected chi connectivity index (χ4v) is 2.65. The summed E-state index contributed by atoms with van der Waals surface area (Å²) in [5, 5.41) is 2.94. The van der Waals surface area contributed by atoms with Gasteiger partial charge in [-0.05, 0) is 37.7 Å². The number of likely N-dealkylation sites (N-methyl/N-ethyl adjacent to an activating group) is 1. The van der Waals surface area contributed by atoms with Crippen LogP contribution in [0.15, 0.2) is 22.7 Å². The largest absolute Gasteiger partial charge is 0.374 e. The van der Waals surface area contributed by atoms with Crippen LogP contribution < -0.4 is 5.32 Å². The second-order valence-corrected chi connectivity index (χ2v) is 5.84. The van der Waals surface area contributed by atoms with Gasteiger partial charge in [-0.1, -0.05) is 15.9 Å². The van der Waals surface area contributed by atoms with Gasteiger partial charge in [0, 0.05) is 29.7 Å². The summed E-state index contributed by atoms with van der Waals surface area (Å²) in [6, 6.07) is 5.66. The van der Waals surface area contributed by atoms with E-state index in [0.717, 1.165) is 29.7 Å². The summed E-state index contributed by atoms with van der Waals surface area (Å²) in [5.41, 5.74) is 1.68. The van der Waals surface area contributed by atoms with Crippen molar-refractivity contribution in [2.24, 2.45) is 0 Å². The fraction of sp³-hybridized carbons (Fsp3) is 0.500. The highest BCUT2D eigenvalue weighted by Crippen LogP contribution is 2.15. The third kappa shape index (κ3) is 4.03. The van der Waals surface area contributed by atoms with Crippen molar-refractivity contribution < 1.29 is 9.53 Å². The van der Waals surface area contributed by atoms with E-state index in [-0.39, 0.29) is 12.0 Å². The maximum Gasteiger partial charge on any atom is 0.251 e. The van der Waals surface area contributed by atoms with Gasteiger partial charge in [0.1, 0.15) is 0 Å². The Morgan fingerprint density at radius 2 is 2.37 bits per heavy atom. The molecule has 1 fully saturated rings. The quantitative estimate of drug-likeness (QED) is 0.921. The summed E-state index contributed by atoms with van der Waals surface area (Å²) in [6.45, 7) is 5.04. The summed E-state index contributed by atoms with van der Waals surface area (Å²) < 4.78 is 6.61. The molecule has 0 aliphatic carbocycles. The number of halogens is 1. The van der Waals surface area contributed by atoms with Crippen molar-refractivity contribution in [3.63, 3.8) is 0 Å². The maximum absolute atomic E-state index is 12.1. The van der Waals surface area contributed by atoms with Crippen molar-refractivity contribution in [3.8, 4) is 0 Å². The number of rotatable bonds is 3. The van der Waals surface area contributed by atoms with Crippen LogP contribution in [0.1, 0.15) is 15.9 Å². The molecule has 19 heavy (non-hydrogen) atoms. The summed E-state index contributed by atoms with van der Waals surface area (Å²) in [6.07, 6.45) is 0.0819. The Balaban J connectivity index is 1.90. The topological polar surface area (TPSA) is 41.6 Å². The summed E-state index contributed by atoms with van der Waals surface area (Å²) in [5.74, 6) is -0.0400. The molecule has 4 nitrogen and oxygen atoms in total. The SMILES string of the molecule is Cc1cc(Br)ccc1C(=O)NCC1CN(C)CCO1. The number of carbonyl (C=O) groups excluding carboxylic acids is 1. The number of nitrogens with zero attached hydrogens (tertiary/aromatic N) is 1. The zero-order chi connectivity index (χ0) is 13.8. The molecule has 1 heterocycles. The average molecular weight is 327 g/mol. The van der Waals surface area contributed by atoms with E-state index in [1.54, 1.807) is 0 Å². The van der Waals surface area contributed by atoms with Crippen LogP contribution in [0.2, 0.25) is 0 Å². The number of amides is 1. The van der Waals surface area contributed by atoms with Crippen molar-refractivity contribution in [3.05, 3.63) is 33.8 Å². The molecular weight excluding hydrogens is 308 g/mol. The monoisotopic (exact) mass is 326 g/mol. The van der Waals surface area contributed by atoms with E-state index in [0.29, 0.717) is 12.1 Å². The molecule has 1 atom stereocenters. The third-order valence-electron chi connectivity index (χ3n) is 3.27. The van der Waals surface area contributed by atoms with Gasteiger partial charge in [-0.3, -0.25) is 4.79 Å². The minimum Gasteiger partial charge on any atom is -0.374 e. The number of benzene rings is 1. The molecule has 5 heteroatoms. The molecule has 1 aromatic rings. The smallest absolute Gasteiger partial charge is 0.251 e. The Bertz CT molecular complexity index is 465. The Morgan fingerprint density at radius 1 is 1.58 bits per heavy atom. The number of hydrogen-bond acceptors (Lipinski definition) is 3. The fourth-order valence-electron chi connectivity index (χ4n) is 2.17. The summed E-state index contributed by atoms with van der Waals surface area (Å²) >= 11 is 3.40. The minimum absolute atomic E-state index is 0.0400. The molecule has 0 spiro atoms. The highest BCUT2D eigenvalue weighted by Gasteiger charge is 2.18. The van der Waals surface area contributed by atoms with Gasteiger partial charge in [-0.25, -0.2) is 0 Å². The van der Waals surface area contributed by atoms with Crippen LogP contribution in [-0.4, -0.2) is 50.2 Å². The zero-order valence-corrected chi connectivity index (χ0v) is 12.9. The van der Waals surface area contributed by atoms with Crippen LogP contribution in [0.4, 0.5) is 0 Å². The van der Waals surface area contributed by atoms with Crippen molar-refractivity contribution in [2.75, 3.05) is 33.3 Å². The van der Waals surface area contributed by atoms with E-state index < -0.39 is 0 Å². The molecule has 0 saturated carbocycles. The molecule has 1 aromatic carbocycles. The van der Waals surface area contributed by atoms with E-state index in [1.807, 2.05) is 25.1 Å². The first-order valence-corrected chi connectivity index (χ1v) is 7.20. The molecule has 0 bridgehead atoms. The summed E-state index contributed by atoms with van der Waals surface area (Å²) in [4.78, 5) is 14.3. The van der Waals surface area contributed by atoms with Gasteiger partial charge in [0.15, 0.2) is 0 Å². The molecule has 1 aliphatic heterocycles. The van der Waals surface area contributed by atoms with E-state index >= 15 is 0 Å². The van der Waals surface area contributed by atoms with E-state index in [2.05, 4.69) is 33.2 Å². The van der Waals surface area contributed by atoms with Gasteiger partial charge in [0.25, 0.3) is 5.91 Å². The first-order chi connectivity index (χ1) is 9.06. The molecular formula is C14H19BrN2O2. The number of nitrogens with one attached hydrogen (secondary N) is 1. The van der Waals surface area contributed by atoms with Gasteiger partial charge >= 0.3 is 0 Å². The number of morpholine rings is 1. The Hall–Kier alpha value is -0.910. The van der Waals surface area contributed by atoms with Gasteiger partial charge in [-0.2, -0.15) is 0 Å². The molecule has 0 radical (unpaired) electrons. The lowest BCUT2D eigenvalue weighted by molar-refractivity contribution is -0.0175. The van der Waals surface area contributed by atoms with Gasteiger partial charge in [0.2, 0.25) is 0 Å². The first kappa shape index (κ1) is 14.5. The highest BCUT2D eigenvalue weighted by atomic mass is 79.9. The third-order valence-corrected chi connectivity index (χ3v) is 3.76. The number of hydrogen-bond donors (Lipinski definition) is 1. The van der Waals surface area contributed by atoms with Crippen LogP contribution in [0.3, 0.4) is 0 Å². The average Bonchev–Trinajstić information content (AvgIpc) is 2.36. The van der Waals surface area contributed by atoms with Crippen LogP contribution >= 0.6 is 15.9 Å². The molecule has 1 unspecified atom stereocenters. The van der Waals surface area contributed by atoms with E-state index in [4.69, 9.17) is 4.74 Å². The Kier molecular flexibility index (Phi) is 4.96. The second-order valence-electron chi connectivity index (χ2n) is 4.92. The van der Waals surface area contributed by atoms with Gasteiger partial charge < -0.3 is 15.0 Å². The lowest BCUT2D eigenvalue weighted by Crippen LogP contribution is -2.46. The van der Waals surface area contributed by atoms with Crippen LogP contribution in [0, 0.1) is 6.92 Å². The zero-order valence-electron chi connectivity index (χ0n) is 11.3. The second kappa shape index (κ2) is 6.50. The molecule has 1 aliphatic rings. The number of aryl methyl sites for hydroxylation is 1. The van der Waals surface area contributed by atoms with Crippen LogP contribution in [-0.2, 0) is 4.74 Å².